The molecule has 74 valence electrons. The molecule has 6 heteroatoms. The zero-order chi connectivity index (χ0) is 10.6. The second kappa shape index (κ2) is 4.28. The number of rotatable bonds is 3. The first kappa shape index (κ1) is 10.1. The smallest absolute Gasteiger partial charge is 0.238 e. The molecule has 0 radical (unpaired) electrons. The van der Waals surface area contributed by atoms with Gasteiger partial charge < -0.3 is 15.4 Å². The standard InChI is InChI=1S/C8H11N5O/c1-10-6-5(4-9)7(14-3)13-8(11-2)12-6/h1-3H3,(H2,10,11,12,13). The largest absolute Gasteiger partial charge is 0.480 e. The van der Waals surface area contributed by atoms with Crippen LogP contribution in [-0.2, 0) is 0 Å². The molecule has 0 atom stereocenters. The summed E-state index contributed by atoms with van der Waals surface area (Å²) in [4.78, 5) is 8.04. The van der Waals surface area contributed by atoms with Crippen molar-refractivity contribution in [3.8, 4) is 11.9 Å². The molecule has 1 aromatic heterocycles. The summed E-state index contributed by atoms with van der Waals surface area (Å²) in [6, 6.07) is 1.98. The maximum Gasteiger partial charge on any atom is 0.238 e. The van der Waals surface area contributed by atoms with Crippen molar-refractivity contribution in [2.75, 3.05) is 31.8 Å². The van der Waals surface area contributed by atoms with Gasteiger partial charge in [0.25, 0.3) is 0 Å². The van der Waals surface area contributed by atoms with E-state index in [1.165, 1.54) is 7.11 Å². The lowest BCUT2D eigenvalue weighted by molar-refractivity contribution is 0.396. The number of nitrogens with one attached hydrogen (secondary N) is 2. The molecular weight excluding hydrogens is 182 g/mol. The average Bonchev–Trinajstić information content (AvgIpc) is 2.26. The van der Waals surface area contributed by atoms with Gasteiger partial charge in [0.1, 0.15) is 6.07 Å². The van der Waals surface area contributed by atoms with E-state index in [1.807, 2.05) is 6.07 Å². The molecule has 1 rings (SSSR count). The van der Waals surface area contributed by atoms with E-state index in [0.29, 0.717) is 17.3 Å². The first-order valence-corrected chi connectivity index (χ1v) is 3.98. The number of nitriles is 1. The minimum Gasteiger partial charge on any atom is -0.480 e. The van der Waals surface area contributed by atoms with E-state index in [0.717, 1.165) is 0 Å². The van der Waals surface area contributed by atoms with E-state index in [1.54, 1.807) is 14.1 Å². The summed E-state index contributed by atoms with van der Waals surface area (Å²) >= 11 is 0. The highest BCUT2D eigenvalue weighted by Gasteiger charge is 2.12. The molecule has 1 aromatic rings. The maximum atomic E-state index is 8.85. The van der Waals surface area contributed by atoms with Gasteiger partial charge >= 0.3 is 0 Å². The average molecular weight is 193 g/mol. The van der Waals surface area contributed by atoms with Gasteiger partial charge in [-0.25, -0.2) is 0 Å². The molecule has 0 unspecified atom stereocenters. The Kier molecular flexibility index (Phi) is 3.07. The molecule has 0 amide bonds. The van der Waals surface area contributed by atoms with Gasteiger partial charge in [-0.2, -0.15) is 15.2 Å². The zero-order valence-corrected chi connectivity index (χ0v) is 8.25. The van der Waals surface area contributed by atoms with Crippen molar-refractivity contribution in [1.29, 1.82) is 5.26 Å². The molecule has 0 saturated carbocycles. The highest BCUT2D eigenvalue weighted by atomic mass is 16.5. The third-order valence-electron chi connectivity index (χ3n) is 1.64. The van der Waals surface area contributed by atoms with Crippen LogP contribution in [0.2, 0.25) is 0 Å². The molecule has 2 N–H and O–H groups in total. The molecule has 0 spiro atoms. The summed E-state index contributed by atoms with van der Waals surface area (Å²) in [5, 5.41) is 14.4. The fraction of sp³-hybridized carbons (Fsp3) is 0.375. The van der Waals surface area contributed by atoms with Crippen molar-refractivity contribution >= 4 is 11.8 Å². The molecular formula is C8H11N5O. The van der Waals surface area contributed by atoms with Gasteiger partial charge in [-0.05, 0) is 0 Å². The van der Waals surface area contributed by atoms with E-state index >= 15 is 0 Å². The molecule has 0 aliphatic heterocycles. The number of anilines is 2. The van der Waals surface area contributed by atoms with E-state index in [2.05, 4.69) is 20.6 Å². The van der Waals surface area contributed by atoms with E-state index in [4.69, 9.17) is 10.00 Å². The van der Waals surface area contributed by atoms with Crippen molar-refractivity contribution in [3.63, 3.8) is 0 Å². The lowest BCUT2D eigenvalue weighted by Gasteiger charge is -2.08. The second-order valence-corrected chi connectivity index (χ2v) is 2.39. The predicted molar refractivity (Wildman–Crippen MR) is 52.4 cm³/mol. The SMILES string of the molecule is CNc1nc(NC)c(C#N)c(OC)n1. The number of hydrogen-bond acceptors (Lipinski definition) is 6. The quantitative estimate of drug-likeness (QED) is 0.724. The lowest BCUT2D eigenvalue weighted by atomic mass is 10.3. The number of ether oxygens (including phenoxy) is 1. The first-order chi connectivity index (χ1) is 6.76. The normalized spacial score (nSPS) is 9.00. The molecule has 0 aliphatic rings. The molecule has 0 aliphatic carbocycles. The van der Waals surface area contributed by atoms with Gasteiger partial charge in [0, 0.05) is 14.1 Å². The Bertz CT molecular complexity index is 345. The molecule has 0 aromatic carbocycles. The van der Waals surface area contributed by atoms with Crippen molar-refractivity contribution in [1.82, 2.24) is 9.97 Å². The van der Waals surface area contributed by atoms with Crippen LogP contribution in [0.3, 0.4) is 0 Å². The van der Waals surface area contributed by atoms with Gasteiger partial charge in [-0.3, -0.25) is 0 Å². The highest BCUT2D eigenvalue weighted by Crippen LogP contribution is 2.22. The Hall–Kier alpha value is -2.03. The number of aromatic nitrogens is 2. The Balaban J connectivity index is 3.34. The Morgan fingerprint density at radius 3 is 2.43 bits per heavy atom. The number of methoxy groups -OCH3 is 1. The highest BCUT2D eigenvalue weighted by molar-refractivity contribution is 5.59. The van der Waals surface area contributed by atoms with Crippen LogP contribution < -0.4 is 15.4 Å². The molecule has 0 bridgehead atoms. The minimum atomic E-state index is 0.260. The molecule has 6 nitrogen and oxygen atoms in total. The van der Waals surface area contributed by atoms with Crippen molar-refractivity contribution in [2.45, 2.75) is 0 Å². The van der Waals surface area contributed by atoms with Crippen LogP contribution in [0.15, 0.2) is 0 Å². The van der Waals surface area contributed by atoms with E-state index < -0.39 is 0 Å². The number of nitrogens with zero attached hydrogens (tertiary/aromatic N) is 3. The Morgan fingerprint density at radius 2 is 2.00 bits per heavy atom. The van der Waals surface area contributed by atoms with Crippen LogP contribution in [0.5, 0.6) is 5.88 Å². The van der Waals surface area contributed by atoms with Crippen molar-refractivity contribution in [3.05, 3.63) is 5.56 Å². The summed E-state index contributed by atoms with van der Waals surface area (Å²) in [7, 11) is 4.84. The Morgan fingerprint density at radius 1 is 1.29 bits per heavy atom. The fourth-order valence-electron chi connectivity index (χ4n) is 0.981. The zero-order valence-electron chi connectivity index (χ0n) is 8.25. The molecule has 0 saturated heterocycles. The summed E-state index contributed by atoms with van der Waals surface area (Å²) in [5.74, 6) is 1.12. The van der Waals surface area contributed by atoms with Crippen LogP contribution >= 0.6 is 0 Å². The summed E-state index contributed by atoms with van der Waals surface area (Å²) in [6.07, 6.45) is 0. The van der Waals surface area contributed by atoms with Crippen molar-refractivity contribution in [2.24, 2.45) is 0 Å². The van der Waals surface area contributed by atoms with Crippen LogP contribution in [0.25, 0.3) is 0 Å². The molecule has 14 heavy (non-hydrogen) atoms. The van der Waals surface area contributed by atoms with E-state index in [9.17, 15) is 0 Å². The van der Waals surface area contributed by atoms with Crippen LogP contribution in [0, 0.1) is 11.3 Å². The molecule has 1 heterocycles. The second-order valence-electron chi connectivity index (χ2n) is 2.39. The van der Waals surface area contributed by atoms with Gasteiger partial charge in [0.2, 0.25) is 11.8 Å². The third-order valence-corrected chi connectivity index (χ3v) is 1.64. The van der Waals surface area contributed by atoms with E-state index in [-0.39, 0.29) is 5.88 Å². The van der Waals surface area contributed by atoms with Crippen LogP contribution in [0.1, 0.15) is 5.56 Å². The Labute approximate surface area is 81.9 Å². The number of hydrogen-bond donors (Lipinski definition) is 2. The summed E-state index contributed by atoms with van der Waals surface area (Å²) < 4.78 is 4.97. The fourth-order valence-corrected chi connectivity index (χ4v) is 0.981. The monoisotopic (exact) mass is 193 g/mol. The summed E-state index contributed by atoms with van der Waals surface area (Å²) in [6.45, 7) is 0. The van der Waals surface area contributed by atoms with Gasteiger partial charge in [0.05, 0.1) is 7.11 Å². The van der Waals surface area contributed by atoms with Crippen molar-refractivity contribution < 1.29 is 4.74 Å². The predicted octanol–water partition coefficient (Wildman–Crippen LogP) is 0.440. The van der Waals surface area contributed by atoms with Gasteiger partial charge in [-0.1, -0.05) is 0 Å². The third kappa shape index (κ3) is 1.66. The topological polar surface area (TPSA) is 82.9 Å². The van der Waals surface area contributed by atoms with Crippen LogP contribution in [-0.4, -0.2) is 31.2 Å². The summed E-state index contributed by atoms with van der Waals surface area (Å²) in [5.41, 5.74) is 0.300. The molecule has 0 fully saturated rings. The van der Waals surface area contributed by atoms with Crippen LogP contribution in [0.4, 0.5) is 11.8 Å². The van der Waals surface area contributed by atoms with Gasteiger partial charge in [-0.15, -0.1) is 0 Å². The lowest BCUT2D eigenvalue weighted by Crippen LogP contribution is -2.05. The maximum absolute atomic E-state index is 8.85. The minimum absolute atomic E-state index is 0.260. The first-order valence-electron chi connectivity index (χ1n) is 3.98. The van der Waals surface area contributed by atoms with Gasteiger partial charge in [0.15, 0.2) is 11.4 Å².